The Balaban J connectivity index is 1.40. The van der Waals surface area contributed by atoms with Crippen molar-refractivity contribution in [1.29, 1.82) is 0 Å². The van der Waals surface area contributed by atoms with Crippen LogP contribution in [0.4, 0.5) is 11.5 Å². The average Bonchev–Trinajstić information content (AvgIpc) is 2.70. The minimum Gasteiger partial charge on any atom is -0.506 e. The number of fused-ring (bicyclic) bond motifs is 1. The number of phenolic OH excluding ortho intramolecular Hbond substituents is 1. The molecule has 7 heteroatoms. The predicted molar refractivity (Wildman–Crippen MR) is 106 cm³/mol. The zero-order valence-electron chi connectivity index (χ0n) is 14.6. The van der Waals surface area contributed by atoms with E-state index in [1.165, 1.54) is 6.07 Å². The topological polar surface area (TPSA) is 78.4 Å². The summed E-state index contributed by atoms with van der Waals surface area (Å²) in [4.78, 5) is 23.8. The number of aromatic hydroxyl groups is 1. The van der Waals surface area contributed by atoms with Crippen LogP contribution in [0.25, 0.3) is 11.0 Å². The number of aromatic nitrogens is 2. The normalized spacial score (nSPS) is 15.1. The molecule has 1 aromatic heterocycles. The molecule has 27 heavy (non-hydrogen) atoms. The van der Waals surface area contributed by atoms with Gasteiger partial charge in [0.05, 0.1) is 22.9 Å². The Bertz CT molecular complexity index is 987. The van der Waals surface area contributed by atoms with Gasteiger partial charge in [-0.1, -0.05) is 23.7 Å². The molecule has 6 nitrogen and oxygen atoms in total. The molecule has 2 heterocycles. The van der Waals surface area contributed by atoms with Crippen LogP contribution in [-0.4, -0.2) is 34.1 Å². The summed E-state index contributed by atoms with van der Waals surface area (Å²) in [6.07, 6.45) is 3.20. The number of nitrogens with one attached hydrogen (secondary N) is 1. The van der Waals surface area contributed by atoms with Crippen LogP contribution in [-0.2, 0) is 4.79 Å². The van der Waals surface area contributed by atoms with Gasteiger partial charge in [0, 0.05) is 24.0 Å². The number of hydrogen-bond acceptors (Lipinski definition) is 5. The number of phenols is 1. The van der Waals surface area contributed by atoms with E-state index in [4.69, 9.17) is 11.6 Å². The highest BCUT2D eigenvalue weighted by Gasteiger charge is 2.26. The first-order valence-corrected chi connectivity index (χ1v) is 9.24. The number of piperidine rings is 1. The average molecular weight is 383 g/mol. The summed E-state index contributed by atoms with van der Waals surface area (Å²) in [7, 11) is 0. The Morgan fingerprint density at radius 3 is 2.67 bits per heavy atom. The maximum Gasteiger partial charge on any atom is 0.227 e. The number of rotatable bonds is 3. The Kier molecular flexibility index (Phi) is 4.81. The van der Waals surface area contributed by atoms with Gasteiger partial charge in [-0.2, -0.15) is 0 Å². The van der Waals surface area contributed by atoms with E-state index in [1.807, 2.05) is 24.3 Å². The standard InChI is InChI=1S/C20H19ClN4O2/c21-14-5-6-18(26)17(11-14)24-20(27)13-7-9-25(10-8-13)19-12-22-15-3-1-2-4-16(15)23-19/h1-6,11-13,26H,7-10H2,(H,24,27). The summed E-state index contributed by atoms with van der Waals surface area (Å²) >= 11 is 5.93. The minimum absolute atomic E-state index is 0.0108. The maximum atomic E-state index is 12.5. The number of anilines is 2. The third-order valence-electron chi connectivity index (χ3n) is 4.84. The number of carbonyl (C=O) groups excluding carboxylic acids is 1. The van der Waals surface area contributed by atoms with Crippen molar-refractivity contribution in [1.82, 2.24) is 9.97 Å². The van der Waals surface area contributed by atoms with E-state index in [9.17, 15) is 9.90 Å². The Labute approximate surface area is 161 Å². The molecule has 4 rings (SSSR count). The second-order valence-electron chi connectivity index (χ2n) is 6.63. The van der Waals surface area contributed by atoms with E-state index in [2.05, 4.69) is 20.2 Å². The second-order valence-corrected chi connectivity index (χ2v) is 7.07. The maximum absolute atomic E-state index is 12.5. The molecule has 0 unspecified atom stereocenters. The summed E-state index contributed by atoms with van der Waals surface area (Å²) in [6.45, 7) is 1.46. The third-order valence-corrected chi connectivity index (χ3v) is 5.08. The Morgan fingerprint density at radius 2 is 1.89 bits per heavy atom. The van der Waals surface area contributed by atoms with Crippen molar-refractivity contribution >= 4 is 40.0 Å². The number of halogens is 1. The summed E-state index contributed by atoms with van der Waals surface area (Å²) in [5.41, 5.74) is 2.08. The van der Waals surface area contributed by atoms with Crippen molar-refractivity contribution < 1.29 is 9.90 Å². The van der Waals surface area contributed by atoms with Gasteiger partial charge in [0.1, 0.15) is 11.6 Å². The van der Waals surface area contributed by atoms with Gasteiger partial charge in [-0.3, -0.25) is 9.78 Å². The smallest absolute Gasteiger partial charge is 0.227 e. The fourth-order valence-electron chi connectivity index (χ4n) is 3.31. The first kappa shape index (κ1) is 17.5. The van der Waals surface area contributed by atoms with E-state index in [0.29, 0.717) is 23.6 Å². The molecule has 1 aliphatic heterocycles. The highest BCUT2D eigenvalue weighted by Crippen LogP contribution is 2.29. The molecule has 0 radical (unpaired) electrons. The predicted octanol–water partition coefficient (Wildman–Crippen LogP) is 3.84. The van der Waals surface area contributed by atoms with Gasteiger partial charge in [0.25, 0.3) is 0 Å². The molecule has 1 aliphatic rings. The minimum atomic E-state index is -0.118. The monoisotopic (exact) mass is 382 g/mol. The fourth-order valence-corrected chi connectivity index (χ4v) is 3.49. The van der Waals surface area contributed by atoms with Gasteiger partial charge in [0.2, 0.25) is 5.91 Å². The lowest BCUT2D eigenvalue weighted by molar-refractivity contribution is -0.120. The molecular formula is C20H19ClN4O2. The van der Waals surface area contributed by atoms with Gasteiger partial charge in [-0.15, -0.1) is 0 Å². The lowest BCUT2D eigenvalue weighted by Gasteiger charge is -2.32. The number of para-hydroxylation sites is 2. The number of hydrogen-bond donors (Lipinski definition) is 2. The van der Waals surface area contributed by atoms with Gasteiger partial charge < -0.3 is 15.3 Å². The Morgan fingerprint density at radius 1 is 1.15 bits per heavy atom. The van der Waals surface area contributed by atoms with Crippen LogP contribution in [0.5, 0.6) is 5.75 Å². The lowest BCUT2D eigenvalue weighted by atomic mass is 9.96. The molecule has 0 saturated carbocycles. The lowest BCUT2D eigenvalue weighted by Crippen LogP contribution is -2.38. The molecule has 138 valence electrons. The van der Waals surface area contributed by atoms with Gasteiger partial charge in [0.15, 0.2) is 0 Å². The molecule has 1 fully saturated rings. The van der Waals surface area contributed by atoms with Gasteiger partial charge in [-0.05, 0) is 43.2 Å². The fraction of sp³-hybridized carbons (Fsp3) is 0.250. The molecule has 2 aromatic carbocycles. The van der Waals surface area contributed by atoms with Crippen LogP contribution in [0.15, 0.2) is 48.7 Å². The molecule has 1 amide bonds. The number of carbonyl (C=O) groups is 1. The first-order valence-electron chi connectivity index (χ1n) is 8.86. The summed E-state index contributed by atoms with van der Waals surface area (Å²) in [6, 6.07) is 12.4. The van der Waals surface area contributed by atoms with E-state index < -0.39 is 0 Å². The zero-order chi connectivity index (χ0) is 18.8. The summed E-state index contributed by atoms with van der Waals surface area (Å²) < 4.78 is 0. The zero-order valence-corrected chi connectivity index (χ0v) is 15.4. The molecule has 1 saturated heterocycles. The van der Waals surface area contributed by atoms with Gasteiger partial charge >= 0.3 is 0 Å². The molecule has 3 aromatic rings. The summed E-state index contributed by atoms with van der Waals surface area (Å²) in [5.74, 6) is 0.626. The van der Waals surface area contributed by atoms with Crippen molar-refractivity contribution in [3.05, 3.63) is 53.7 Å². The van der Waals surface area contributed by atoms with E-state index >= 15 is 0 Å². The van der Waals surface area contributed by atoms with Crippen LogP contribution in [0, 0.1) is 5.92 Å². The van der Waals surface area contributed by atoms with Crippen molar-refractivity contribution in [3.63, 3.8) is 0 Å². The van der Waals surface area contributed by atoms with Crippen molar-refractivity contribution in [2.75, 3.05) is 23.3 Å². The Hall–Kier alpha value is -2.86. The highest BCUT2D eigenvalue weighted by molar-refractivity contribution is 6.31. The number of amides is 1. The molecule has 0 aliphatic carbocycles. The largest absolute Gasteiger partial charge is 0.506 e. The van der Waals surface area contributed by atoms with Crippen LogP contribution in [0.3, 0.4) is 0 Å². The van der Waals surface area contributed by atoms with Crippen molar-refractivity contribution in [3.8, 4) is 5.75 Å². The van der Waals surface area contributed by atoms with Crippen LogP contribution in [0.1, 0.15) is 12.8 Å². The third kappa shape index (κ3) is 3.80. The highest BCUT2D eigenvalue weighted by atomic mass is 35.5. The molecular weight excluding hydrogens is 364 g/mol. The number of benzene rings is 2. The molecule has 0 bridgehead atoms. The second kappa shape index (κ2) is 7.40. The van der Waals surface area contributed by atoms with Crippen LogP contribution >= 0.6 is 11.6 Å². The SMILES string of the molecule is O=C(Nc1cc(Cl)ccc1O)C1CCN(c2cnc3ccccc3n2)CC1. The molecule has 0 atom stereocenters. The van der Waals surface area contributed by atoms with Crippen LogP contribution < -0.4 is 10.2 Å². The van der Waals surface area contributed by atoms with Crippen molar-refractivity contribution in [2.45, 2.75) is 12.8 Å². The molecule has 2 N–H and O–H groups in total. The van der Waals surface area contributed by atoms with E-state index in [-0.39, 0.29) is 17.6 Å². The van der Waals surface area contributed by atoms with E-state index in [0.717, 1.165) is 29.9 Å². The quantitative estimate of drug-likeness (QED) is 0.673. The van der Waals surface area contributed by atoms with Gasteiger partial charge in [-0.25, -0.2) is 4.98 Å². The summed E-state index contributed by atoms with van der Waals surface area (Å²) in [5, 5.41) is 13.1. The molecule has 0 spiro atoms. The van der Waals surface area contributed by atoms with E-state index in [1.54, 1.807) is 18.3 Å². The van der Waals surface area contributed by atoms with Crippen LogP contribution in [0.2, 0.25) is 5.02 Å². The first-order chi connectivity index (χ1) is 13.1. The number of nitrogens with zero attached hydrogens (tertiary/aromatic N) is 3. The van der Waals surface area contributed by atoms with Crippen molar-refractivity contribution in [2.24, 2.45) is 5.92 Å².